The summed E-state index contributed by atoms with van der Waals surface area (Å²) in [6, 6.07) is 71.6. The first kappa shape index (κ1) is 30.0. The van der Waals surface area contributed by atoms with E-state index in [2.05, 4.69) is 205 Å². The molecule has 2 nitrogen and oxygen atoms in total. The zero-order valence-electron chi connectivity index (χ0n) is 28.4. The molecule has 0 fully saturated rings. The number of rotatable bonds is 6. The van der Waals surface area contributed by atoms with E-state index in [1.54, 1.807) is 0 Å². The number of hydrogen-bond donors (Lipinski definition) is 0. The zero-order valence-corrected chi connectivity index (χ0v) is 28.4. The molecule has 0 aliphatic rings. The number of hydrogen-bond acceptors (Lipinski definition) is 2. The second kappa shape index (κ2) is 12.5. The van der Waals surface area contributed by atoms with Crippen LogP contribution in [0.4, 0.5) is 17.1 Å². The van der Waals surface area contributed by atoms with E-state index in [9.17, 15) is 0 Å². The molecule has 0 spiro atoms. The molecule has 2 heteroatoms. The van der Waals surface area contributed by atoms with Crippen molar-refractivity contribution in [2.45, 2.75) is 0 Å². The quantitative estimate of drug-likeness (QED) is 0.165. The van der Waals surface area contributed by atoms with Crippen molar-refractivity contribution in [3.63, 3.8) is 0 Å². The molecule has 10 rings (SSSR count). The molecule has 0 aliphatic heterocycles. The number of fused-ring (bicyclic) bond motifs is 7. The lowest BCUT2D eigenvalue weighted by Crippen LogP contribution is -2.11. The molecule has 1 aromatic heterocycles. The fourth-order valence-corrected chi connectivity index (χ4v) is 7.77. The van der Waals surface area contributed by atoms with Gasteiger partial charge in [0, 0.05) is 38.5 Å². The molecule has 244 valence electrons. The fourth-order valence-electron chi connectivity index (χ4n) is 7.77. The van der Waals surface area contributed by atoms with E-state index in [1.807, 2.05) is 0 Å². The van der Waals surface area contributed by atoms with E-state index in [0.29, 0.717) is 0 Å². The minimum absolute atomic E-state index is 0.890. The van der Waals surface area contributed by atoms with Gasteiger partial charge in [-0.25, -0.2) is 0 Å². The first-order chi connectivity index (χ1) is 25.8. The summed E-state index contributed by atoms with van der Waals surface area (Å²) < 4.78 is 6.76. The van der Waals surface area contributed by atoms with Gasteiger partial charge in [0.15, 0.2) is 0 Å². The third-order valence-corrected chi connectivity index (χ3v) is 10.2. The van der Waals surface area contributed by atoms with E-state index in [0.717, 1.165) is 55.5 Å². The fraction of sp³-hybridized carbons (Fsp3) is 0. The SMILES string of the molecule is c1ccc(-c2ccc(N(c3ccc(-c4ccccc4)cc3)c3cc4ccccc4c4c3cc(-c3ccccc3)c3oc5ccccc5c34)cc2)cc1. The standard InChI is InChI=1S/C50H33NO/c1-4-14-34(15-5-1)36-24-28-40(29-25-36)51(41-30-26-37(27-31-41)35-16-6-2-7-17-35)46-32-39-20-10-11-21-42(39)48-45(46)33-44(38-18-8-3-9-19-38)50-49(48)43-22-12-13-23-47(43)52-50/h1-33H. The Balaban J connectivity index is 1.29. The molecular formula is C50H33NO. The smallest absolute Gasteiger partial charge is 0.143 e. The van der Waals surface area contributed by atoms with Crippen molar-refractivity contribution >= 4 is 60.5 Å². The average molecular weight is 664 g/mol. The third kappa shape index (κ3) is 5.04. The van der Waals surface area contributed by atoms with Crippen LogP contribution in [0.5, 0.6) is 0 Å². The first-order valence-corrected chi connectivity index (χ1v) is 17.8. The van der Waals surface area contributed by atoms with Crippen molar-refractivity contribution in [1.29, 1.82) is 0 Å². The summed E-state index contributed by atoms with van der Waals surface area (Å²) in [6.45, 7) is 0. The molecule has 0 aliphatic carbocycles. The second-order valence-corrected chi connectivity index (χ2v) is 13.3. The molecule has 0 saturated heterocycles. The molecule has 9 aromatic carbocycles. The summed E-state index contributed by atoms with van der Waals surface area (Å²) in [5.74, 6) is 0. The Morgan fingerprint density at radius 2 is 0.827 bits per heavy atom. The molecule has 0 N–H and O–H groups in total. The Kier molecular flexibility index (Phi) is 7.18. The molecule has 1 heterocycles. The largest absolute Gasteiger partial charge is 0.455 e. The highest BCUT2D eigenvalue weighted by Gasteiger charge is 2.23. The summed E-state index contributed by atoms with van der Waals surface area (Å²) in [4.78, 5) is 2.42. The van der Waals surface area contributed by atoms with Gasteiger partial charge in [-0.15, -0.1) is 0 Å². The van der Waals surface area contributed by atoms with E-state index >= 15 is 0 Å². The number of furan rings is 1. The Morgan fingerprint density at radius 3 is 1.42 bits per heavy atom. The van der Waals surface area contributed by atoms with Gasteiger partial charge in [0.2, 0.25) is 0 Å². The third-order valence-electron chi connectivity index (χ3n) is 10.2. The molecule has 0 radical (unpaired) electrons. The minimum atomic E-state index is 0.890. The molecule has 10 aromatic rings. The van der Waals surface area contributed by atoms with Gasteiger partial charge < -0.3 is 9.32 Å². The Hall–Kier alpha value is -6.90. The number of benzene rings is 9. The monoisotopic (exact) mass is 663 g/mol. The molecule has 0 unspecified atom stereocenters. The zero-order chi connectivity index (χ0) is 34.4. The van der Waals surface area contributed by atoms with Crippen LogP contribution in [0.15, 0.2) is 205 Å². The van der Waals surface area contributed by atoms with Crippen LogP contribution in [-0.4, -0.2) is 0 Å². The maximum absolute atomic E-state index is 6.76. The highest BCUT2D eigenvalue weighted by Crippen LogP contribution is 2.49. The van der Waals surface area contributed by atoms with Gasteiger partial charge in [-0.05, 0) is 81.1 Å². The molecule has 0 saturated carbocycles. The van der Waals surface area contributed by atoms with Crippen molar-refractivity contribution in [2.75, 3.05) is 4.90 Å². The molecule has 0 amide bonds. The molecule has 52 heavy (non-hydrogen) atoms. The maximum atomic E-state index is 6.76. The molecule has 0 bridgehead atoms. The van der Waals surface area contributed by atoms with Crippen LogP contribution < -0.4 is 4.90 Å². The first-order valence-electron chi connectivity index (χ1n) is 17.8. The van der Waals surface area contributed by atoms with Crippen LogP contribution in [0, 0.1) is 0 Å². The van der Waals surface area contributed by atoms with Crippen LogP contribution in [0.3, 0.4) is 0 Å². The number of anilines is 3. The van der Waals surface area contributed by atoms with Gasteiger partial charge in [-0.1, -0.05) is 158 Å². The second-order valence-electron chi connectivity index (χ2n) is 13.3. The van der Waals surface area contributed by atoms with Gasteiger partial charge in [0.05, 0.1) is 5.69 Å². The van der Waals surface area contributed by atoms with Crippen molar-refractivity contribution < 1.29 is 4.42 Å². The lowest BCUT2D eigenvalue weighted by molar-refractivity contribution is 0.670. The van der Waals surface area contributed by atoms with E-state index < -0.39 is 0 Å². The van der Waals surface area contributed by atoms with Crippen molar-refractivity contribution in [3.05, 3.63) is 200 Å². The Morgan fingerprint density at radius 1 is 0.346 bits per heavy atom. The van der Waals surface area contributed by atoms with E-state index in [4.69, 9.17) is 4.42 Å². The van der Waals surface area contributed by atoms with E-state index in [1.165, 1.54) is 38.4 Å². The van der Waals surface area contributed by atoms with Gasteiger partial charge in [0.1, 0.15) is 11.2 Å². The van der Waals surface area contributed by atoms with Crippen molar-refractivity contribution in [1.82, 2.24) is 0 Å². The molecular weight excluding hydrogens is 631 g/mol. The van der Waals surface area contributed by atoms with Crippen molar-refractivity contribution in [2.24, 2.45) is 0 Å². The summed E-state index contributed by atoms with van der Waals surface area (Å²) in [7, 11) is 0. The molecule has 0 atom stereocenters. The summed E-state index contributed by atoms with van der Waals surface area (Å²) in [5.41, 5.74) is 12.1. The normalized spacial score (nSPS) is 11.5. The van der Waals surface area contributed by atoms with Gasteiger partial charge >= 0.3 is 0 Å². The highest BCUT2D eigenvalue weighted by atomic mass is 16.3. The summed E-state index contributed by atoms with van der Waals surface area (Å²) in [5, 5.41) is 7.00. The number of nitrogens with zero attached hydrogens (tertiary/aromatic N) is 1. The average Bonchev–Trinajstić information content (AvgIpc) is 3.62. The van der Waals surface area contributed by atoms with Crippen LogP contribution >= 0.6 is 0 Å². The predicted octanol–water partition coefficient (Wildman–Crippen LogP) is 14.4. The van der Waals surface area contributed by atoms with Crippen LogP contribution in [0.25, 0.3) is 76.9 Å². The summed E-state index contributed by atoms with van der Waals surface area (Å²) >= 11 is 0. The van der Waals surface area contributed by atoms with E-state index in [-0.39, 0.29) is 0 Å². The summed E-state index contributed by atoms with van der Waals surface area (Å²) in [6.07, 6.45) is 0. The van der Waals surface area contributed by atoms with Crippen molar-refractivity contribution in [3.8, 4) is 33.4 Å². The number of para-hydroxylation sites is 1. The van der Waals surface area contributed by atoms with Gasteiger partial charge in [-0.3, -0.25) is 0 Å². The predicted molar refractivity (Wildman–Crippen MR) is 220 cm³/mol. The maximum Gasteiger partial charge on any atom is 0.143 e. The Bertz CT molecular complexity index is 2770. The van der Waals surface area contributed by atoms with Gasteiger partial charge in [-0.2, -0.15) is 0 Å². The van der Waals surface area contributed by atoms with Gasteiger partial charge in [0.25, 0.3) is 0 Å². The van der Waals surface area contributed by atoms with Crippen LogP contribution in [0.2, 0.25) is 0 Å². The lowest BCUT2D eigenvalue weighted by Gasteiger charge is -2.28. The lowest BCUT2D eigenvalue weighted by atomic mass is 9.91. The minimum Gasteiger partial charge on any atom is -0.455 e. The Labute approximate surface area is 302 Å². The van der Waals surface area contributed by atoms with Crippen LogP contribution in [-0.2, 0) is 0 Å². The topological polar surface area (TPSA) is 16.4 Å². The highest BCUT2D eigenvalue weighted by molar-refractivity contribution is 6.31. The van der Waals surface area contributed by atoms with Crippen LogP contribution in [0.1, 0.15) is 0 Å².